The summed E-state index contributed by atoms with van der Waals surface area (Å²) in [7, 11) is 0. The molecule has 3 fully saturated rings. The zero-order valence-corrected chi connectivity index (χ0v) is 28.1. The molecule has 0 aliphatic carbocycles. The zero-order valence-electron chi connectivity index (χ0n) is 27.4. The summed E-state index contributed by atoms with van der Waals surface area (Å²) in [5, 5.41) is 11.4. The van der Waals surface area contributed by atoms with Crippen LogP contribution in [0.2, 0.25) is 5.02 Å². The number of carbonyl (C=O) groups excluding carboxylic acids is 3. The third kappa shape index (κ3) is 5.46. The van der Waals surface area contributed by atoms with Gasteiger partial charge in [-0.2, -0.15) is 0 Å². The Hall–Kier alpha value is -4.24. The minimum Gasteiger partial charge on any atom is -0.394 e. The van der Waals surface area contributed by atoms with E-state index < -0.39 is 35.1 Å². The Morgan fingerprint density at radius 1 is 0.958 bits per heavy atom. The molecular formula is C39H42ClN3O5. The van der Waals surface area contributed by atoms with Crippen LogP contribution in [-0.2, 0) is 25.5 Å². The number of rotatable bonds is 12. The molecule has 0 aromatic heterocycles. The summed E-state index contributed by atoms with van der Waals surface area (Å²) in [6.45, 7) is 11.7. The summed E-state index contributed by atoms with van der Waals surface area (Å²) in [5.74, 6) is -2.97. The van der Waals surface area contributed by atoms with Crippen LogP contribution in [0, 0.1) is 17.8 Å². The summed E-state index contributed by atoms with van der Waals surface area (Å²) in [6.07, 6.45) is 4.01. The zero-order chi connectivity index (χ0) is 34.2. The molecule has 7 atom stereocenters. The highest BCUT2D eigenvalue weighted by Crippen LogP contribution is 2.66. The van der Waals surface area contributed by atoms with Gasteiger partial charge in [-0.05, 0) is 67.6 Å². The SMILES string of the molecule is C=CCN(C(=O)C1N([C@@H](CO)Cc2ccccc2)C(=O)[C@@H]2[C@@H](C(=O)N(CC=C)c3ccccc3)[C@]3(C)OC12CC3C)c1ccc(Cl)cc1. The molecule has 1 N–H and O–H groups in total. The fourth-order valence-corrected chi connectivity index (χ4v) is 8.44. The first-order valence-electron chi connectivity index (χ1n) is 16.4. The van der Waals surface area contributed by atoms with E-state index >= 15 is 9.59 Å². The normalized spacial score (nSPS) is 27.8. The van der Waals surface area contributed by atoms with Crippen molar-refractivity contribution in [3.8, 4) is 0 Å². The maximum atomic E-state index is 15.1. The van der Waals surface area contributed by atoms with Gasteiger partial charge in [0.15, 0.2) is 0 Å². The monoisotopic (exact) mass is 667 g/mol. The fraction of sp³-hybridized carbons (Fsp3) is 0.359. The molecule has 9 heteroatoms. The average Bonchev–Trinajstić information content (AvgIpc) is 3.62. The van der Waals surface area contributed by atoms with Gasteiger partial charge in [-0.1, -0.05) is 79.2 Å². The molecular weight excluding hydrogens is 626 g/mol. The molecule has 0 saturated carbocycles. The molecule has 3 amide bonds. The van der Waals surface area contributed by atoms with Crippen molar-refractivity contribution in [2.24, 2.45) is 17.8 Å². The Kier molecular flexibility index (Phi) is 9.35. The van der Waals surface area contributed by atoms with Crippen molar-refractivity contribution in [2.75, 3.05) is 29.5 Å². The summed E-state index contributed by atoms with van der Waals surface area (Å²) in [5.41, 5.74) is -0.156. The third-order valence-electron chi connectivity index (χ3n) is 10.5. The lowest BCUT2D eigenvalue weighted by Gasteiger charge is -2.39. The summed E-state index contributed by atoms with van der Waals surface area (Å²) >= 11 is 6.21. The van der Waals surface area contributed by atoms with E-state index in [-0.39, 0.29) is 43.3 Å². The van der Waals surface area contributed by atoms with Gasteiger partial charge < -0.3 is 24.5 Å². The molecule has 3 aromatic carbocycles. The molecule has 6 rings (SSSR count). The van der Waals surface area contributed by atoms with Crippen molar-refractivity contribution < 1.29 is 24.2 Å². The summed E-state index contributed by atoms with van der Waals surface area (Å²) in [4.78, 5) is 49.7. The number of ether oxygens (including phenoxy) is 1. The van der Waals surface area contributed by atoms with E-state index in [1.54, 1.807) is 46.2 Å². The Balaban J connectivity index is 1.50. The third-order valence-corrected chi connectivity index (χ3v) is 10.8. The van der Waals surface area contributed by atoms with Crippen LogP contribution in [0.5, 0.6) is 0 Å². The highest BCUT2D eigenvalue weighted by molar-refractivity contribution is 6.30. The Labute approximate surface area is 287 Å². The first kappa shape index (κ1) is 33.7. The van der Waals surface area contributed by atoms with Gasteiger partial charge in [0.1, 0.15) is 11.6 Å². The number of fused-ring (bicyclic) bond motifs is 1. The first-order chi connectivity index (χ1) is 23.1. The lowest BCUT2D eigenvalue weighted by molar-refractivity contribution is -0.149. The van der Waals surface area contributed by atoms with Crippen LogP contribution in [0.1, 0.15) is 25.8 Å². The largest absolute Gasteiger partial charge is 0.394 e. The van der Waals surface area contributed by atoms with Gasteiger partial charge in [-0.15, -0.1) is 13.2 Å². The number of aliphatic hydroxyl groups excluding tert-OH is 1. The number of halogens is 1. The molecule has 3 aromatic rings. The number of carbonyl (C=O) groups is 3. The Bertz CT molecular complexity index is 1680. The van der Waals surface area contributed by atoms with E-state index in [4.69, 9.17) is 16.3 Å². The van der Waals surface area contributed by atoms with Gasteiger partial charge >= 0.3 is 0 Å². The van der Waals surface area contributed by atoms with E-state index in [9.17, 15) is 9.90 Å². The molecule has 3 aliphatic rings. The molecule has 250 valence electrons. The van der Waals surface area contributed by atoms with Crippen molar-refractivity contribution in [3.05, 3.63) is 121 Å². The van der Waals surface area contributed by atoms with Gasteiger partial charge in [0, 0.05) is 29.5 Å². The number of anilines is 2. The lowest BCUT2D eigenvalue weighted by Crippen LogP contribution is -2.59. The average molecular weight is 668 g/mol. The standard InChI is InChI=1S/C39H42ClN3O5/c1-5-21-41(29-15-11-8-12-16-29)35(45)32-33-36(46)43(31(25-44)23-27-13-9-7-10-14-27)34(39(33)24-26(3)38(32,4)48-39)37(47)42(22-6-2)30-19-17-28(40)18-20-30/h5-20,26,31-34,44H,1-2,21-25H2,3-4H3/t26?,31-,32+,33+,34?,38-,39?/m1/s1. The van der Waals surface area contributed by atoms with E-state index in [0.717, 1.165) is 5.56 Å². The van der Waals surface area contributed by atoms with Gasteiger partial charge in [0.05, 0.1) is 30.1 Å². The second kappa shape index (κ2) is 13.3. The highest BCUT2D eigenvalue weighted by Gasteiger charge is 2.80. The number of para-hydroxylation sites is 1. The lowest BCUT2D eigenvalue weighted by atomic mass is 9.62. The minimum atomic E-state index is -1.31. The summed E-state index contributed by atoms with van der Waals surface area (Å²) < 4.78 is 7.03. The molecule has 1 spiro atoms. The van der Waals surface area contributed by atoms with Crippen molar-refractivity contribution in [3.63, 3.8) is 0 Å². The van der Waals surface area contributed by atoms with E-state index in [1.807, 2.05) is 74.5 Å². The van der Waals surface area contributed by atoms with Crippen LogP contribution in [-0.4, -0.2) is 70.7 Å². The van der Waals surface area contributed by atoms with Gasteiger partial charge in [-0.3, -0.25) is 14.4 Å². The highest BCUT2D eigenvalue weighted by atomic mass is 35.5. The van der Waals surface area contributed by atoms with Crippen molar-refractivity contribution in [2.45, 2.75) is 50.0 Å². The molecule has 3 heterocycles. The minimum absolute atomic E-state index is 0.155. The quantitative estimate of drug-likeness (QED) is 0.251. The maximum Gasteiger partial charge on any atom is 0.253 e. The maximum absolute atomic E-state index is 15.1. The number of hydrogen-bond donors (Lipinski definition) is 1. The number of amides is 3. The molecule has 2 bridgehead atoms. The molecule has 3 aliphatic heterocycles. The number of hydrogen-bond acceptors (Lipinski definition) is 5. The van der Waals surface area contributed by atoms with E-state index in [0.29, 0.717) is 29.2 Å². The van der Waals surface area contributed by atoms with Crippen LogP contribution in [0.25, 0.3) is 0 Å². The van der Waals surface area contributed by atoms with Crippen LogP contribution < -0.4 is 9.80 Å². The molecule has 48 heavy (non-hydrogen) atoms. The van der Waals surface area contributed by atoms with Gasteiger partial charge in [-0.25, -0.2) is 0 Å². The summed E-state index contributed by atoms with van der Waals surface area (Å²) in [6, 6.07) is 23.9. The van der Waals surface area contributed by atoms with E-state index in [2.05, 4.69) is 13.2 Å². The van der Waals surface area contributed by atoms with E-state index in [1.165, 1.54) is 4.90 Å². The van der Waals surface area contributed by atoms with Crippen LogP contribution in [0.3, 0.4) is 0 Å². The van der Waals surface area contributed by atoms with Gasteiger partial charge in [0.25, 0.3) is 5.91 Å². The van der Waals surface area contributed by atoms with Crippen LogP contribution in [0.4, 0.5) is 11.4 Å². The van der Waals surface area contributed by atoms with Crippen molar-refractivity contribution in [1.29, 1.82) is 0 Å². The van der Waals surface area contributed by atoms with Crippen LogP contribution in [0.15, 0.2) is 110 Å². The first-order valence-corrected chi connectivity index (χ1v) is 16.8. The predicted octanol–water partition coefficient (Wildman–Crippen LogP) is 5.69. The topological polar surface area (TPSA) is 90.4 Å². The number of aliphatic hydroxyl groups is 1. The number of nitrogens with zero attached hydrogens (tertiary/aromatic N) is 3. The molecule has 8 nitrogen and oxygen atoms in total. The van der Waals surface area contributed by atoms with Crippen molar-refractivity contribution in [1.82, 2.24) is 4.90 Å². The predicted molar refractivity (Wildman–Crippen MR) is 188 cm³/mol. The molecule has 3 unspecified atom stereocenters. The Morgan fingerprint density at radius 2 is 1.52 bits per heavy atom. The molecule has 3 saturated heterocycles. The fourth-order valence-electron chi connectivity index (χ4n) is 8.31. The second-order valence-electron chi connectivity index (χ2n) is 13.3. The smallest absolute Gasteiger partial charge is 0.253 e. The van der Waals surface area contributed by atoms with Crippen molar-refractivity contribution >= 4 is 40.7 Å². The number of likely N-dealkylation sites (tertiary alicyclic amines) is 1. The number of benzene rings is 3. The van der Waals surface area contributed by atoms with Crippen LogP contribution >= 0.6 is 11.6 Å². The Morgan fingerprint density at radius 3 is 2.10 bits per heavy atom. The second-order valence-corrected chi connectivity index (χ2v) is 13.7. The molecule has 0 radical (unpaired) electrons. The van der Waals surface area contributed by atoms with Gasteiger partial charge in [0.2, 0.25) is 11.8 Å².